The molecule has 0 radical (unpaired) electrons. The van der Waals surface area contributed by atoms with Crippen LogP contribution in [0.5, 0.6) is 0 Å². The lowest BCUT2D eigenvalue weighted by Crippen LogP contribution is -2.29. The van der Waals surface area contributed by atoms with E-state index in [0.717, 1.165) is 12.2 Å². The maximum absolute atomic E-state index is 5.27. The first-order chi connectivity index (χ1) is 5.35. The number of rotatable bonds is 3. The van der Waals surface area contributed by atoms with Crippen LogP contribution in [0.25, 0.3) is 0 Å². The summed E-state index contributed by atoms with van der Waals surface area (Å²) in [4.78, 5) is 0. The first kappa shape index (κ1) is 6.92. The number of likely N-dealkylation sites (N-methyl/N-ethyl adjacent to an activating group) is 1. The van der Waals surface area contributed by atoms with Gasteiger partial charge in [-0.2, -0.15) is 0 Å². The standard InChI is InChI=1S/C9H13NO/c1-10-9(4-5-9)7-8-3-2-6-11-8/h2-3,6,10H,4-5,7H2,1H3. The van der Waals surface area contributed by atoms with E-state index in [1.165, 1.54) is 12.8 Å². The largest absolute Gasteiger partial charge is 0.469 e. The summed E-state index contributed by atoms with van der Waals surface area (Å²) in [6.45, 7) is 0. The van der Waals surface area contributed by atoms with Crippen LogP contribution in [-0.2, 0) is 6.42 Å². The smallest absolute Gasteiger partial charge is 0.105 e. The highest BCUT2D eigenvalue weighted by Crippen LogP contribution is 2.37. The average molecular weight is 151 g/mol. The van der Waals surface area contributed by atoms with Crippen LogP contribution < -0.4 is 5.32 Å². The van der Waals surface area contributed by atoms with Crippen LogP contribution in [0.3, 0.4) is 0 Å². The fourth-order valence-corrected chi connectivity index (χ4v) is 1.41. The van der Waals surface area contributed by atoms with Crippen molar-refractivity contribution in [1.29, 1.82) is 0 Å². The summed E-state index contributed by atoms with van der Waals surface area (Å²) in [7, 11) is 2.02. The van der Waals surface area contributed by atoms with E-state index in [4.69, 9.17) is 4.42 Å². The van der Waals surface area contributed by atoms with Crippen molar-refractivity contribution in [1.82, 2.24) is 5.32 Å². The molecule has 1 fully saturated rings. The van der Waals surface area contributed by atoms with E-state index >= 15 is 0 Å². The van der Waals surface area contributed by atoms with Crippen LogP contribution in [0.2, 0.25) is 0 Å². The molecule has 0 aliphatic heterocycles. The molecule has 0 atom stereocenters. The van der Waals surface area contributed by atoms with Gasteiger partial charge in [0.25, 0.3) is 0 Å². The average Bonchev–Trinajstić information content (AvgIpc) is 2.59. The Kier molecular flexibility index (Phi) is 1.50. The molecule has 1 aromatic rings. The Morgan fingerprint density at radius 2 is 2.45 bits per heavy atom. The number of hydrogen-bond donors (Lipinski definition) is 1. The van der Waals surface area contributed by atoms with Gasteiger partial charge in [-0.3, -0.25) is 0 Å². The van der Waals surface area contributed by atoms with E-state index in [-0.39, 0.29) is 0 Å². The van der Waals surface area contributed by atoms with Crippen molar-refractivity contribution in [3.63, 3.8) is 0 Å². The Balaban J connectivity index is 2.01. The minimum atomic E-state index is 0.373. The van der Waals surface area contributed by atoms with Crippen LogP contribution in [0.15, 0.2) is 22.8 Å². The van der Waals surface area contributed by atoms with Crippen molar-refractivity contribution in [3.05, 3.63) is 24.2 Å². The third-order valence-electron chi connectivity index (χ3n) is 2.48. The number of hydrogen-bond acceptors (Lipinski definition) is 2. The van der Waals surface area contributed by atoms with E-state index < -0.39 is 0 Å². The molecule has 2 rings (SSSR count). The van der Waals surface area contributed by atoms with Crippen LogP contribution in [0.1, 0.15) is 18.6 Å². The molecule has 1 N–H and O–H groups in total. The van der Waals surface area contributed by atoms with Gasteiger partial charge in [-0.25, -0.2) is 0 Å². The van der Waals surface area contributed by atoms with Crippen molar-refractivity contribution in [2.75, 3.05) is 7.05 Å². The lowest BCUT2D eigenvalue weighted by Gasteiger charge is -2.10. The third-order valence-corrected chi connectivity index (χ3v) is 2.48. The molecule has 0 bridgehead atoms. The fourth-order valence-electron chi connectivity index (χ4n) is 1.41. The normalized spacial score (nSPS) is 20.1. The van der Waals surface area contributed by atoms with E-state index in [2.05, 4.69) is 5.32 Å². The first-order valence-electron chi connectivity index (χ1n) is 4.06. The van der Waals surface area contributed by atoms with E-state index in [0.29, 0.717) is 5.54 Å². The lowest BCUT2D eigenvalue weighted by atomic mass is 10.1. The van der Waals surface area contributed by atoms with Crippen LogP contribution in [0.4, 0.5) is 0 Å². The van der Waals surface area contributed by atoms with Crippen molar-refractivity contribution in [2.45, 2.75) is 24.8 Å². The minimum Gasteiger partial charge on any atom is -0.469 e. The molecule has 2 heteroatoms. The fraction of sp³-hybridized carbons (Fsp3) is 0.556. The minimum absolute atomic E-state index is 0.373. The number of furan rings is 1. The predicted molar refractivity (Wildman–Crippen MR) is 43.4 cm³/mol. The molecule has 1 heterocycles. The lowest BCUT2D eigenvalue weighted by molar-refractivity contribution is 0.449. The van der Waals surface area contributed by atoms with Gasteiger partial charge in [-0.1, -0.05) is 0 Å². The molecule has 1 aliphatic rings. The highest BCUT2D eigenvalue weighted by atomic mass is 16.3. The zero-order valence-electron chi connectivity index (χ0n) is 6.76. The third kappa shape index (κ3) is 1.31. The number of nitrogens with one attached hydrogen (secondary N) is 1. The van der Waals surface area contributed by atoms with E-state index in [1.807, 2.05) is 19.2 Å². The van der Waals surface area contributed by atoms with E-state index in [9.17, 15) is 0 Å². The molecule has 0 saturated heterocycles. The molecule has 1 saturated carbocycles. The Labute approximate surface area is 66.6 Å². The summed E-state index contributed by atoms with van der Waals surface area (Å²) in [5, 5.41) is 3.33. The van der Waals surface area contributed by atoms with Crippen molar-refractivity contribution in [3.8, 4) is 0 Å². The van der Waals surface area contributed by atoms with Gasteiger partial charge in [0.2, 0.25) is 0 Å². The molecule has 1 aromatic heterocycles. The Morgan fingerprint density at radius 1 is 1.64 bits per heavy atom. The summed E-state index contributed by atoms with van der Waals surface area (Å²) in [6, 6.07) is 3.98. The molecule has 60 valence electrons. The second-order valence-electron chi connectivity index (χ2n) is 3.29. The molecule has 0 aromatic carbocycles. The van der Waals surface area contributed by atoms with Crippen molar-refractivity contribution >= 4 is 0 Å². The first-order valence-corrected chi connectivity index (χ1v) is 4.06. The quantitative estimate of drug-likeness (QED) is 0.709. The summed E-state index contributed by atoms with van der Waals surface area (Å²) in [6.07, 6.45) is 5.34. The maximum Gasteiger partial charge on any atom is 0.105 e. The summed E-state index contributed by atoms with van der Waals surface area (Å²) in [5.74, 6) is 1.09. The van der Waals surface area contributed by atoms with Gasteiger partial charge in [0.05, 0.1) is 6.26 Å². The highest BCUT2D eigenvalue weighted by molar-refractivity contribution is 5.11. The van der Waals surface area contributed by atoms with Gasteiger partial charge in [0.15, 0.2) is 0 Å². The molecular formula is C9H13NO. The van der Waals surface area contributed by atoms with Gasteiger partial charge in [-0.05, 0) is 32.0 Å². The summed E-state index contributed by atoms with van der Waals surface area (Å²) >= 11 is 0. The van der Waals surface area contributed by atoms with Crippen molar-refractivity contribution in [2.24, 2.45) is 0 Å². The Morgan fingerprint density at radius 3 is 2.91 bits per heavy atom. The molecule has 0 spiro atoms. The topological polar surface area (TPSA) is 25.2 Å². The maximum atomic E-state index is 5.27. The Hall–Kier alpha value is -0.760. The SMILES string of the molecule is CNC1(Cc2ccco2)CC1. The van der Waals surface area contributed by atoms with Gasteiger partial charge < -0.3 is 9.73 Å². The predicted octanol–water partition coefficient (Wildman–Crippen LogP) is 1.57. The van der Waals surface area contributed by atoms with Crippen molar-refractivity contribution < 1.29 is 4.42 Å². The molecule has 2 nitrogen and oxygen atoms in total. The summed E-state index contributed by atoms with van der Waals surface area (Å²) < 4.78 is 5.27. The van der Waals surface area contributed by atoms with Crippen LogP contribution in [0, 0.1) is 0 Å². The van der Waals surface area contributed by atoms with E-state index in [1.54, 1.807) is 6.26 Å². The van der Waals surface area contributed by atoms with Gasteiger partial charge in [-0.15, -0.1) is 0 Å². The zero-order chi connectivity index (χ0) is 7.73. The second-order valence-corrected chi connectivity index (χ2v) is 3.29. The van der Waals surface area contributed by atoms with Crippen LogP contribution >= 0.6 is 0 Å². The van der Waals surface area contributed by atoms with Gasteiger partial charge in [0, 0.05) is 12.0 Å². The molecule has 0 unspecified atom stereocenters. The van der Waals surface area contributed by atoms with Gasteiger partial charge >= 0.3 is 0 Å². The highest BCUT2D eigenvalue weighted by Gasteiger charge is 2.41. The molecular weight excluding hydrogens is 138 g/mol. The van der Waals surface area contributed by atoms with Gasteiger partial charge in [0.1, 0.15) is 5.76 Å². The zero-order valence-corrected chi connectivity index (χ0v) is 6.76. The monoisotopic (exact) mass is 151 g/mol. The second kappa shape index (κ2) is 2.38. The molecule has 11 heavy (non-hydrogen) atoms. The molecule has 0 amide bonds. The molecule has 1 aliphatic carbocycles. The van der Waals surface area contributed by atoms with Crippen LogP contribution in [-0.4, -0.2) is 12.6 Å². The summed E-state index contributed by atoms with van der Waals surface area (Å²) in [5.41, 5.74) is 0.373. The Bertz CT molecular complexity index is 224.